The third-order valence-corrected chi connectivity index (χ3v) is 2.80. The fourth-order valence-corrected chi connectivity index (χ4v) is 1.77. The van der Waals surface area contributed by atoms with E-state index in [0.717, 1.165) is 6.42 Å². The zero-order valence-electron chi connectivity index (χ0n) is 12.5. The number of methoxy groups -OCH3 is 1. The van der Waals surface area contributed by atoms with E-state index in [0.29, 0.717) is 31.9 Å². The van der Waals surface area contributed by atoms with Crippen LogP contribution in [0.4, 0.5) is 0 Å². The number of aromatic nitrogens is 2. The Balaban J connectivity index is 2.50. The lowest BCUT2D eigenvalue weighted by atomic mass is 10.3. The van der Waals surface area contributed by atoms with Gasteiger partial charge in [-0.1, -0.05) is 6.92 Å². The number of hydrogen-bond acceptors (Lipinski definition) is 5. The van der Waals surface area contributed by atoms with Crippen molar-refractivity contribution in [2.75, 3.05) is 33.4 Å². The number of rotatable bonds is 9. The Kier molecular flexibility index (Phi) is 7.96. The molecule has 0 aliphatic carbocycles. The average molecular weight is 294 g/mol. The lowest BCUT2D eigenvalue weighted by Gasteiger charge is -2.21. The van der Waals surface area contributed by atoms with Crippen LogP contribution in [0.2, 0.25) is 0 Å². The van der Waals surface area contributed by atoms with Crippen molar-refractivity contribution in [1.29, 1.82) is 0 Å². The number of nitrogens with one attached hydrogen (secondary N) is 1. The second-order valence-corrected chi connectivity index (χ2v) is 4.48. The number of ether oxygens (including phenoxy) is 1. The second kappa shape index (κ2) is 9.82. The number of hydrogen-bond donors (Lipinski definition) is 1. The van der Waals surface area contributed by atoms with Gasteiger partial charge in [-0.2, -0.15) is 0 Å². The number of nitrogens with zero attached hydrogens (tertiary/aromatic N) is 3. The minimum Gasteiger partial charge on any atom is -0.383 e. The van der Waals surface area contributed by atoms with Crippen LogP contribution in [0.1, 0.15) is 30.3 Å². The van der Waals surface area contributed by atoms with Crippen LogP contribution in [0, 0.1) is 0 Å². The van der Waals surface area contributed by atoms with E-state index in [9.17, 15) is 9.59 Å². The molecule has 0 aliphatic heterocycles. The van der Waals surface area contributed by atoms with Gasteiger partial charge in [0.25, 0.3) is 5.91 Å². The Labute approximate surface area is 124 Å². The molecule has 2 amide bonds. The predicted octanol–water partition coefficient (Wildman–Crippen LogP) is 0.482. The van der Waals surface area contributed by atoms with E-state index in [1.54, 1.807) is 12.0 Å². The number of carbonyl (C=O) groups is 2. The van der Waals surface area contributed by atoms with E-state index in [4.69, 9.17) is 4.74 Å². The molecule has 0 bridgehead atoms. The summed E-state index contributed by atoms with van der Waals surface area (Å²) in [5.41, 5.74) is 0.297. The van der Waals surface area contributed by atoms with Crippen LogP contribution in [0.3, 0.4) is 0 Å². The summed E-state index contributed by atoms with van der Waals surface area (Å²) in [7, 11) is 1.58. The van der Waals surface area contributed by atoms with Crippen molar-refractivity contribution < 1.29 is 14.3 Å². The van der Waals surface area contributed by atoms with Crippen LogP contribution in [0.15, 0.2) is 18.6 Å². The first-order chi connectivity index (χ1) is 10.2. The van der Waals surface area contributed by atoms with E-state index < -0.39 is 0 Å². The minimum absolute atomic E-state index is 0.0971. The zero-order valence-corrected chi connectivity index (χ0v) is 12.5. The molecular formula is C14H22N4O3. The van der Waals surface area contributed by atoms with Crippen LogP contribution in [-0.2, 0) is 9.53 Å². The van der Waals surface area contributed by atoms with Gasteiger partial charge in [0.15, 0.2) is 0 Å². The van der Waals surface area contributed by atoms with Crippen molar-refractivity contribution in [3.05, 3.63) is 24.3 Å². The first-order valence-corrected chi connectivity index (χ1v) is 7.00. The molecule has 0 aromatic carbocycles. The highest BCUT2D eigenvalue weighted by Crippen LogP contribution is 2.02. The van der Waals surface area contributed by atoms with Crippen molar-refractivity contribution in [2.24, 2.45) is 0 Å². The Morgan fingerprint density at radius 3 is 2.76 bits per heavy atom. The molecule has 0 spiro atoms. The van der Waals surface area contributed by atoms with Gasteiger partial charge in [-0.3, -0.25) is 14.6 Å². The monoisotopic (exact) mass is 294 g/mol. The van der Waals surface area contributed by atoms with Crippen LogP contribution in [0.25, 0.3) is 0 Å². The van der Waals surface area contributed by atoms with Gasteiger partial charge in [0.2, 0.25) is 5.91 Å². The van der Waals surface area contributed by atoms with Gasteiger partial charge in [-0.05, 0) is 6.42 Å². The second-order valence-electron chi connectivity index (χ2n) is 4.48. The van der Waals surface area contributed by atoms with Crippen LogP contribution < -0.4 is 5.32 Å². The third-order valence-electron chi connectivity index (χ3n) is 2.80. The molecule has 0 saturated heterocycles. The molecule has 116 valence electrons. The lowest BCUT2D eigenvalue weighted by Crippen LogP contribution is -2.36. The fraction of sp³-hybridized carbons (Fsp3) is 0.571. The molecule has 7 heteroatoms. The summed E-state index contributed by atoms with van der Waals surface area (Å²) in [4.78, 5) is 33.4. The normalized spacial score (nSPS) is 10.2. The van der Waals surface area contributed by atoms with Crippen molar-refractivity contribution in [1.82, 2.24) is 20.2 Å². The SMILES string of the molecule is CCCN(CCC(=O)NCCOC)C(=O)c1cnccn1. The van der Waals surface area contributed by atoms with Crippen molar-refractivity contribution in [3.63, 3.8) is 0 Å². The number of carbonyl (C=O) groups excluding carboxylic acids is 2. The van der Waals surface area contributed by atoms with Gasteiger partial charge in [0.1, 0.15) is 5.69 Å². The summed E-state index contributed by atoms with van der Waals surface area (Å²) >= 11 is 0. The van der Waals surface area contributed by atoms with Gasteiger partial charge < -0.3 is 15.0 Å². The maximum atomic E-state index is 12.3. The zero-order chi connectivity index (χ0) is 15.5. The summed E-state index contributed by atoms with van der Waals surface area (Å²) in [6, 6.07) is 0. The molecule has 1 N–H and O–H groups in total. The van der Waals surface area contributed by atoms with E-state index in [-0.39, 0.29) is 18.2 Å². The molecule has 7 nitrogen and oxygen atoms in total. The van der Waals surface area contributed by atoms with Gasteiger partial charge in [0.05, 0.1) is 12.8 Å². The summed E-state index contributed by atoms with van der Waals surface area (Å²) in [5.74, 6) is -0.297. The Morgan fingerprint density at radius 1 is 1.33 bits per heavy atom. The van der Waals surface area contributed by atoms with E-state index in [2.05, 4.69) is 15.3 Å². The topological polar surface area (TPSA) is 84.4 Å². The molecule has 0 saturated carbocycles. The largest absolute Gasteiger partial charge is 0.383 e. The maximum Gasteiger partial charge on any atom is 0.274 e. The van der Waals surface area contributed by atoms with Crippen molar-refractivity contribution in [3.8, 4) is 0 Å². The van der Waals surface area contributed by atoms with Gasteiger partial charge in [0, 0.05) is 45.6 Å². The Bertz CT molecular complexity index is 439. The van der Waals surface area contributed by atoms with E-state index in [1.807, 2.05) is 6.92 Å². The highest BCUT2D eigenvalue weighted by atomic mass is 16.5. The predicted molar refractivity (Wildman–Crippen MR) is 77.7 cm³/mol. The minimum atomic E-state index is -0.199. The summed E-state index contributed by atoms with van der Waals surface area (Å²) < 4.78 is 4.86. The van der Waals surface area contributed by atoms with Crippen LogP contribution >= 0.6 is 0 Å². The quantitative estimate of drug-likeness (QED) is 0.670. The van der Waals surface area contributed by atoms with Gasteiger partial charge >= 0.3 is 0 Å². The Hall–Kier alpha value is -2.02. The highest BCUT2D eigenvalue weighted by Gasteiger charge is 2.17. The van der Waals surface area contributed by atoms with E-state index in [1.165, 1.54) is 18.6 Å². The summed E-state index contributed by atoms with van der Waals surface area (Å²) in [5, 5.41) is 2.73. The molecule has 1 rings (SSSR count). The van der Waals surface area contributed by atoms with Crippen molar-refractivity contribution >= 4 is 11.8 Å². The fourth-order valence-electron chi connectivity index (χ4n) is 1.77. The van der Waals surface area contributed by atoms with Crippen LogP contribution in [-0.4, -0.2) is 60.0 Å². The molecule has 0 radical (unpaired) electrons. The molecule has 0 aliphatic rings. The summed E-state index contributed by atoms with van der Waals surface area (Å²) in [6.45, 7) is 3.88. The third kappa shape index (κ3) is 6.31. The molecule has 1 heterocycles. The average Bonchev–Trinajstić information content (AvgIpc) is 2.52. The molecule has 0 atom stereocenters. The van der Waals surface area contributed by atoms with Crippen LogP contribution in [0.5, 0.6) is 0 Å². The summed E-state index contributed by atoms with van der Waals surface area (Å²) in [6.07, 6.45) is 5.51. The van der Waals surface area contributed by atoms with Gasteiger partial charge in [-0.15, -0.1) is 0 Å². The Morgan fingerprint density at radius 2 is 2.14 bits per heavy atom. The highest BCUT2D eigenvalue weighted by molar-refractivity contribution is 5.92. The van der Waals surface area contributed by atoms with Crippen molar-refractivity contribution in [2.45, 2.75) is 19.8 Å². The van der Waals surface area contributed by atoms with E-state index >= 15 is 0 Å². The molecule has 1 aromatic heterocycles. The lowest BCUT2D eigenvalue weighted by molar-refractivity contribution is -0.121. The molecule has 21 heavy (non-hydrogen) atoms. The maximum absolute atomic E-state index is 12.3. The molecular weight excluding hydrogens is 272 g/mol. The first-order valence-electron chi connectivity index (χ1n) is 7.00. The number of amides is 2. The first kappa shape index (κ1) is 17.0. The molecule has 1 aromatic rings. The molecule has 0 unspecified atom stereocenters. The standard InChI is InChI=1S/C14H22N4O3/c1-3-8-18(9-4-13(19)17-7-10-21-2)14(20)12-11-15-5-6-16-12/h5-6,11H,3-4,7-10H2,1-2H3,(H,17,19). The molecule has 0 fully saturated rings. The van der Waals surface area contributed by atoms with Gasteiger partial charge in [-0.25, -0.2) is 4.98 Å². The smallest absolute Gasteiger partial charge is 0.274 e.